The molecule has 0 bridgehead atoms. The fraction of sp³-hybridized carbons (Fsp3) is 0.478. The number of aromatic nitrogens is 1. The summed E-state index contributed by atoms with van der Waals surface area (Å²) in [6.45, 7) is 0. The highest BCUT2D eigenvalue weighted by Gasteiger charge is 2.47. The number of hydrogen-bond acceptors (Lipinski definition) is 4. The fourth-order valence-electron chi connectivity index (χ4n) is 4.59. The minimum absolute atomic E-state index is 0.169. The highest BCUT2D eigenvalue weighted by Crippen LogP contribution is 2.42. The van der Waals surface area contributed by atoms with E-state index in [1.165, 1.54) is 18.9 Å². The van der Waals surface area contributed by atoms with Crippen molar-refractivity contribution in [1.82, 2.24) is 10.3 Å². The Morgan fingerprint density at radius 2 is 2.00 bits per heavy atom. The lowest BCUT2D eigenvalue weighted by Crippen LogP contribution is -2.39. The number of rotatable bonds is 7. The van der Waals surface area contributed by atoms with Crippen molar-refractivity contribution in [2.75, 3.05) is 5.32 Å². The molecular formula is C23H27FN4O. The fourth-order valence-corrected chi connectivity index (χ4v) is 4.59. The molecule has 1 amide bonds. The second-order valence-electron chi connectivity index (χ2n) is 8.93. The molecule has 2 aromatic rings. The van der Waals surface area contributed by atoms with Gasteiger partial charge in [0.1, 0.15) is 5.82 Å². The molecule has 0 spiro atoms. The Balaban J connectivity index is 1.41. The molecule has 1 aromatic heterocycles. The summed E-state index contributed by atoms with van der Waals surface area (Å²) < 4.78 is 14.5. The Morgan fingerprint density at radius 1 is 1.21 bits per heavy atom. The zero-order valence-corrected chi connectivity index (χ0v) is 16.4. The van der Waals surface area contributed by atoms with Crippen molar-refractivity contribution in [3.63, 3.8) is 0 Å². The highest BCUT2D eigenvalue weighted by atomic mass is 19.1. The van der Waals surface area contributed by atoms with Gasteiger partial charge in [-0.15, -0.1) is 0 Å². The first-order valence-electron chi connectivity index (χ1n) is 10.6. The van der Waals surface area contributed by atoms with Gasteiger partial charge in [-0.1, -0.05) is 18.9 Å². The van der Waals surface area contributed by atoms with Gasteiger partial charge in [-0.3, -0.25) is 9.78 Å². The number of nitrogens with zero attached hydrogens (tertiary/aromatic N) is 1. The van der Waals surface area contributed by atoms with Crippen molar-refractivity contribution in [1.29, 1.82) is 0 Å². The van der Waals surface area contributed by atoms with Gasteiger partial charge >= 0.3 is 0 Å². The third-order valence-electron chi connectivity index (χ3n) is 6.77. The predicted molar refractivity (Wildman–Crippen MR) is 110 cm³/mol. The first-order valence-corrected chi connectivity index (χ1v) is 10.6. The van der Waals surface area contributed by atoms with Crippen LogP contribution in [0.15, 0.2) is 42.7 Å². The number of piperidine rings is 1. The normalized spacial score (nSPS) is 27.2. The predicted octanol–water partition coefficient (Wildman–Crippen LogP) is 3.30. The second kappa shape index (κ2) is 7.18. The third-order valence-corrected chi connectivity index (χ3v) is 6.77. The number of fused-ring (bicyclic) bond motifs is 1. The largest absolute Gasteiger partial charge is 0.322 e. The number of carbonyl (C=O) groups excluding carboxylic acids is 1. The van der Waals surface area contributed by atoms with Crippen molar-refractivity contribution >= 4 is 11.6 Å². The molecule has 3 aliphatic rings. The van der Waals surface area contributed by atoms with Crippen LogP contribution >= 0.6 is 0 Å². The lowest BCUT2D eigenvalue weighted by atomic mass is 9.79. The van der Waals surface area contributed by atoms with Crippen LogP contribution in [-0.2, 0) is 10.3 Å². The van der Waals surface area contributed by atoms with Crippen LogP contribution in [-0.4, -0.2) is 23.0 Å². The van der Waals surface area contributed by atoms with Gasteiger partial charge in [-0.2, -0.15) is 0 Å². The molecule has 29 heavy (non-hydrogen) atoms. The Kier molecular flexibility index (Phi) is 4.63. The molecule has 4 unspecified atom stereocenters. The van der Waals surface area contributed by atoms with Crippen molar-refractivity contribution < 1.29 is 9.18 Å². The van der Waals surface area contributed by atoms with Gasteiger partial charge in [0, 0.05) is 18.4 Å². The zero-order chi connectivity index (χ0) is 20.0. The number of amides is 1. The SMILES string of the molecule is NC(CCC1CC1)(c1ccncc1)c1ccc(F)c(NC(=O)C2CC3CC3N2)c1. The number of anilines is 1. The van der Waals surface area contributed by atoms with Crippen molar-refractivity contribution in [3.05, 3.63) is 59.7 Å². The Morgan fingerprint density at radius 3 is 2.69 bits per heavy atom. The van der Waals surface area contributed by atoms with E-state index < -0.39 is 11.4 Å². The van der Waals surface area contributed by atoms with Gasteiger partial charge in [-0.25, -0.2) is 4.39 Å². The number of nitrogens with one attached hydrogen (secondary N) is 2. The standard InChI is InChI=1S/C23H27FN4O/c24-18-4-3-17(13-20(18)28-22(29)21-12-15-11-19(15)27-21)23(25,8-5-14-1-2-14)16-6-9-26-10-7-16/h3-4,6-7,9-10,13-15,19,21,27H,1-2,5,8,11-12,25H2,(H,28,29). The van der Waals surface area contributed by atoms with Crippen molar-refractivity contribution in [3.8, 4) is 0 Å². The quantitative estimate of drug-likeness (QED) is 0.673. The van der Waals surface area contributed by atoms with Gasteiger partial charge in [0.15, 0.2) is 0 Å². The average Bonchev–Trinajstić information content (AvgIpc) is 3.67. The van der Waals surface area contributed by atoms with Crippen LogP contribution in [0.5, 0.6) is 0 Å². The topological polar surface area (TPSA) is 80.0 Å². The van der Waals surface area contributed by atoms with Crippen LogP contribution in [0, 0.1) is 17.7 Å². The Labute approximate surface area is 170 Å². The van der Waals surface area contributed by atoms with Gasteiger partial charge in [-0.05, 0) is 72.9 Å². The summed E-state index contributed by atoms with van der Waals surface area (Å²) in [6, 6.07) is 8.92. The van der Waals surface area contributed by atoms with E-state index >= 15 is 0 Å². The molecule has 2 heterocycles. The number of halogens is 1. The maximum atomic E-state index is 14.5. The second-order valence-corrected chi connectivity index (χ2v) is 8.93. The molecule has 4 atom stereocenters. The minimum atomic E-state index is -0.744. The van der Waals surface area contributed by atoms with Crippen molar-refractivity contribution in [2.45, 2.75) is 56.1 Å². The van der Waals surface area contributed by atoms with Crippen LogP contribution in [0.1, 0.15) is 49.7 Å². The maximum absolute atomic E-state index is 14.5. The number of benzene rings is 1. The Bertz CT molecular complexity index is 906. The molecule has 2 aliphatic carbocycles. The maximum Gasteiger partial charge on any atom is 0.241 e. The summed E-state index contributed by atoms with van der Waals surface area (Å²) >= 11 is 0. The van der Waals surface area contributed by atoms with Crippen LogP contribution in [0.25, 0.3) is 0 Å². The molecule has 1 aromatic carbocycles. The lowest BCUT2D eigenvalue weighted by Gasteiger charge is -2.31. The summed E-state index contributed by atoms with van der Waals surface area (Å²) in [5.74, 6) is 0.731. The lowest BCUT2D eigenvalue weighted by molar-refractivity contribution is -0.118. The third kappa shape index (κ3) is 3.79. The molecular weight excluding hydrogens is 367 g/mol. The van der Waals surface area contributed by atoms with Gasteiger partial charge in [0.25, 0.3) is 0 Å². The van der Waals surface area contributed by atoms with Gasteiger partial charge in [0.05, 0.1) is 17.3 Å². The van der Waals surface area contributed by atoms with Crippen LogP contribution in [0.3, 0.4) is 0 Å². The smallest absolute Gasteiger partial charge is 0.241 e. The van der Waals surface area contributed by atoms with Crippen LogP contribution < -0.4 is 16.4 Å². The highest BCUT2D eigenvalue weighted by molar-refractivity contribution is 5.95. The number of nitrogens with two attached hydrogens (primary N) is 1. The van der Waals surface area contributed by atoms with Crippen molar-refractivity contribution in [2.24, 2.45) is 17.6 Å². The van der Waals surface area contributed by atoms with Crippen LogP contribution in [0.2, 0.25) is 0 Å². The molecule has 152 valence electrons. The first kappa shape index (κ1) is 18.7. The average molecular weight is 394 g/mol. The summed E-state index contributed by atoms with van der Waals surface area (Å²) in [7, 11) is 0. The van der Waals surface area contributed by atoms with E-state index in [4.69, 9.17) is 5.73 Å². The van der Waals surface area contributed by atoms with E-state index in [-0.39, 0.29) is 17.6 Å². The molecule has 6 heteroatoms. The van der Waals surface area contributed by atoms with Gasteiger partial charge < -0.3 is 16.4 Å². The summed E-state index contributed by atoms with van der Waals surface area (Å²) in [4.78, 5) is 16.7. The number of pyridine rings is 1. The molecule has 5 nitrogen and oxygen atoms in total. The molecule has 3 fully saturated rings. The molecule has 5 rings (SSSR count). The summed E-state index contributed by atoms with van der Waals surface area (Å²) in [5.41, 5.74) is 8.15. The Hall–Kier alpha value is -2.31. The number of carbonyl (C=O) groups is 1. The monoisotopic (exact) mass is 394 g/mol. The first-order chi connectivity index (χ1) is 14.0. The van der Waals surface area contributed by atoms with E-state index in [1.807, 2.05) is 12.1 Å². The molecule has 0 radical (unpaired) electrons. The molecule has 4 N–H and O–H groups in total. The van der Waals surface area contributed by atoms with Crippen LogP contribution in [0.4, 0.5) is 10.1 Å². The van der Waals surface area contributed by atoms with E-state index in [0.29, 0.717) is 12.0 Å². The summed E-state index contributed by atoms with van der Waals surface area (Å²) in [6.07, 6.45) is 9.77. The number of hydrogen-bond donors (Lipinski definition) is 3. The van der Waals surface area contributed by atoms with E-state index in [0.717, 1.165) is 42.7 Å². The van der Waals surface area contributed by atoms with E-state index in [1.54, 1.807) is 24.5 Å². The minimum Gasteiger partial charge on any atom is -0.322 e. The molecule has 2 saturated carbocycles. The zero-order valence-electron chi connectivity index (χ0n) is 16.4. The van der Waals surface area contributed by atoms with E-state index in [9.17, 15) is 9.18 Å². The van der Waals surface area contributed by atoms with Gasteiger partial charge in [0.2, 0.25) is 5.91 Å². The molecule has 1 saturated heterocycles. The van der Waals surface area contributed by atoms with E-state index in [2.05, 4.69) is 15.6 Å². The molecule has 1 aliphatic heterocycles. The summed E-state index contributed by atoms with van der Waals surface area (Å²) in [5, 5.41) is 6.10.